The minimum Gasteiger partial charge on any atom is -0.496 e. The number of hydrogen-bond donors (Lipinski definition) is 0. The number of rotatable bonds is 7. The molecule has 3 aromatic carbocycles. The van der Waals surface area contributed by atoms with Crippen molar-refractivity contribution in [2.75, 3.05) is 7.11 Å². The second-order valence-corrected chi connectivity index (χ2v) is 7.70. The fourth-order valence-corrected chi connectivity index (χ4v) is 4.20. The maximum atomic E-state index is 6.24. The number of aromatic nitrogens is 1. The van der Waals surface area contributed by atoms with Crippen LogP contribution in [0.25, 0.3) is 22.0 Å². The minimum absolute atomic E-state index is 0.409. The zero-order chi connectivity index (χ0) is 21.8. The molecule has 0 amide bonds. The van der Waals surface area contributed by atoms with E-state index in [1.165, 1.54) is 22.1 Å². The summed E-state index contributed by atoms with van der Waals surface area (Å²) < 4.78 is 12.0. The van der Waals surface area contributed by atoms with Crippen LogP contribution in [0.4, 0.5) is 0 Å². The van der Waals surface area contributed by atoms with Gasteiger partial charge in [0.25, 0.3) is 0 Å². The maximum Gasteiger partial charge on any atom is 0.129 e. The van der Waals surface area contributed by atoms with Crippen molar-refractivity contribution in [3.05, 3.63) is 89.1 Å². The van der Waals surface area contributed by atoms with E-state index in [4.69, 9.17) is 14.5 Å². The molecule has 3 nitrogen and oxygen atoms in total. The lowest BCUT2D eigenvalue weighted by Gasteiger charge is -2.18. The van der Waals surface area contributed by atoms with E-state index >= 15 is 0 Å². The molecule has 0 aliphatic heterocycles. The van der Waals surface area contributed by atoms with Crippen LogP contribution in [0.1, 0.15) is 36.2 Å². The average molecular weight is 412 g/mol. The summed E-state index contributed by atoms with van der Waals surface area (Å²) in [5.41, 5.74) is 6.74. The highest BCUT2D eigenvalue weighted by molar-refractivity contribution is 5.88. The Morgan fingerprint density at radius 2 is 1.48 bits per heavy atom. The Bertz CT molecular complexity index is 1190. The van der Waals surface area contributed by atoms with E-state index in [0.29, 0.717) is 6.61 Å². The highest BCUT2D eigenvalue weighted by atomic mass is 16.5. The summed E-state index contributed by atoms with van der Waals surface area (Å²) in [6.07, 6.45) is 1.94. The van der Waals surface area contributed by atoms with Gasteiger partial charge in [0.15, 0.2) is 0 Å². The Balaban J connectivity index is 1.71. The molecule has 0 atom stereocenters. The van der Waals surface area contributed by atoms with Crippen molar-refractivity contribution >= 4 is 10.8 Å². The van der Waals surface area contributed by atoms with Gasteiger partial charge in [-0.1, -0.05) is 68.4 Å². The van der Waals surface area contributed by atoms with E-state index < -0.39 is 0 Å². The van der Waals surface area contributed by atoms with E-state index in [-0.39, 0.29) is 0 Å². The second-order valence-electron chi connectivity index (χ2n) is 7.70. The summed E-state index contributed by atoms with van der Waals surface area (Å²) in [6.45, 7) is 6.82. The molecular weight excluding hydrogens is 382 g/mol. The molecule has 0 aliphatic rings. The SMILES string of the molecule is CCc1cccc(CC)c1-c1cc(OC)c(COc2cccc3ccccc23)c(C)n1. The summed E-state index contributed by atoms with van der Waals surface area (Å²) in [7, 11) is 1.71. The number of aryl methyl sites for hydroxylation is 3. The van der Waals surface area contributed by atoms with Gasteiger partial charge in [-0.25, -0.2) is 0 Å². The third-order valence-electron chi connectivity index (χ3n) is 5.89. The van der Waals surface area contributed by atoms with Crippen molar-refractivity contribution in [3.63, 3.8) is 0 Å². The average Bonchev–Trinajstić information content (AvgIpc) is 2.82. The maximum absolute atomic E-state index is 6.24. The van der Waals surface area contributed by atoms with Gasteiger partial charge in [0.05, 0.1) is 18.4 Å². The Morgan fingerprint density at radius 1 is 0.806 bits per heavy atom. The van der Waals surface area contributed by atoms with Gasteiger partial charge in [0, 0.05) is 22.7 Å². The monoisotopic (exact) mass is 411 g/mol. The fraction of sp³-hybridized carbons (Fsp3) is 0.250. The van der Waals surface area contributed by atoms with Gasteiger partial charge in [-0.2, -0.15) is 0 Å². The highest BCUT2D eigenvalue weighted by Crippen LogP contribution is 2.34. The number of benzene rings is 3. The van der Waals surface area contributed by atoms with Crippen molar-refractivity contribution in [1.82, 2.24) is 4.98 Å². The summed E-state index contributed by atoms with van der Waals surface area (Å²) in [6, 6.07) is 23.0. The highest BCUT2D eigenvalue weighted by Gasteiger charge is 2.16. The zero-order valence-corrected chi connectivity index (χ0v) is 18.7. The normalized spacial score (nSPS) is 11.0. The van der Waals surface area contributed by atoms with Gasteiger partial charge in [-0.05, 0) is 42.3 Å². The number of pyridine rings is 1. The predicted molar refractivity (Wildman–Crippen MR) is 128 cm³/mol. The number of hydrogen-bond acceptors (Lipinski definition) is 3. The van der Waals surface area contributed by atoms with Crippen molar-refractivity contribution in [2.45, 2.75) is 40.2 Å². The van der Waals surface area contributed by atoms with Gasteiger partial charge in [0.2, 0.25) is 0 Å². The number of nitrogens with zero attached hydrogens (tertiary/aromatic N) is 1. The van der Waals surface area contributed by atoms with Crippen molar-refractivity contribution in [1.29, 1.82) is 0 Å². The van der Waals surface area contributed by atoms with Crippen molar-refractivity contribution < 1.29 is 9.47 Å². The van der Waals surface area contributed by atoms with Gasteiger partial charge < -0.3 is 9.47 Å². The lowest BCUT2D eigenvalue weighted by atomic mass is 9.94. The molecule has 0 bridgehead atoms. The van der Waals surface area contributed by atoms with E-state index in [1.54, 1.807) is 7.11 Å². The molecule has 31 heavy (non-hydrogen) atoms. The topological polar surface area (TPSA) is 31.4 Å². The van der Waals surface area contributed by atoms with Crippen LogP contribution < -0.4 is 9.47 Å². The molecule has 0 saturated carbocycles. The van der Waals surface area contributed by atoms with Crippen LogP contribution in [-0.2, 0) is 19.4 Å². The fourth-order valence-electron chi connectivity index (χ4n) is 4.20. The van der Waals surface area contributed by atoms with Gasteiger partial charge in [-0.15, -0.1) is 0 Å². The van der Waals surface area contributed by atoms with Crippen LogP contribution in [0.2, 0.25) is 0 Å². The van der Waals surface area contributed by atoms with E-state index in [0.717, 1.165) is 46.7 Å². The Hall–Kier alpha value is -3.33. The smallest absolute Gasteiger partial charge is 0.129 e. The van der Waals surface area contributed by atoms with Crippen LogP contribution in [0.5, 0.6) is 11.5 Å². The third kappa shape index (κ3) is 4.13. The van der Waals surface area contributed by atoms with Crippen LogP contribution in [0.15, 0.2) is 66.7 Å². The number of fused-ring (bicyclic) bond motifs is 1. The van der Waals surface area contributed by atoms with Crippen molar-refractivity contribution in [3.8, 4) is 22.8 Å². The number of ether oxygens (including phenoxy) is 2. The van der Waals surface area contributed by atoms with Crippen LogP contribution in [-0.4, -0.2) is 12.1 Å². The quantitative estimate of drug-likeness (QED) is 0.331. The standard InChI is InChI=1S/C28H29NO2/c1-5-20-12-9-13-21(6-2)28(20)25-17-27(30-4)24(19(3)29-25)18-31-26-16-10-14-22-11-7-8-15-23(22)26/h7-17H,5-6,18H2,1-4H3. The summed E-state index contributed by atoms with van der Waals surface area (Å²) in [4.78, 5) is 4.98. The summed E-state index contributed by atoms with van der Waals surface area (Å²) >= 11 is 0. The summed E-state index contributed by atoms with van der Waals surface area (Å²) in [5, 5.41) is 2.27. The van der Waals surface area contributed by atoms with E-state index in [9.17, 15) is 0 Å². The van der Waals surface area contributed by atoms with Crippen LogP contribution in [0, 0.1) is 6.92 Å². The van der Waals surface area contributed by atoms with Crippen LogP contribution in [0.3, 0.4) is 0 Å². The first-order valence-corrected chi connectivity index (χ1v) is 10.9. The molecule has 3 heteroatoms. The predicted octanol–water partition coefficient (Wildman–Crippen LogP) is 6.92. The Morgan fingerprint density at radius 3 is 2.19 bits per heavy atom. The molecule has 0 radical (unpaired) electrons. The molecule has 0 unspecified atom stereocenters. The molecule has 158 valence electrons. The molecule has 0 fully saturated rings. The lowest BCUT2D eigenvalue weighted by molar-refractivity contribution is 0.298. The third-order valence-corrected chi connectivity index (χ3v) is 5.89. The van der Waals surface area contributed by atoms with Crippen LogP contribution >= 0.6 is 0 Å². The molecular formula is C28H29NO2. The molecule has 4 aromatic rings. The van der Waals surface area contributed by atoms with Crippen molar-refractivity contribution in [2.24, 2.45) is 0 Å². The first kappa shape index (κ1) is 20.9. The Kier molecular flexibility index (Phi) is 6.22. The van der Waals surface area contributed by atoms with E-state index in [2.05, 4.69) is 56.3 Å². The second kappa shape index (κ2) is 9.22. The molecule has 1 aromatic heterocycles. The molecule has 4 rings (SSSR count). The van der Waals surface area contributed by atoms with Gasteiger partial charge in [-0.3, -0.25) is 4.98 Å². The minimum atomic E-state index is 0.409. The largest absolute Gasteiger partial charge is 0.496 e. The zero-order valence-electron chi connectivity index (χ0n) is 18.7. The lowest BCUT2D eigenvalue weighted by Crippen LogP contribution is -2.05. The first-order valence-electron chi connectivity index (χ1n) is 10.9. The first-order chi connectivity index (χ1) is 15.2. The summed E-state index contributed by atoms with van der Waals surface area (Å²) in [5.74, 6) is 1.68. The molecule has 1 heterocycles. The van der Waals surface area contributed by atoms with Gasteiger partial charge >= 0.3 is 0 Å². The molecule has 0 spiro atoms. The molecule has 0 N–H and O–H groups in total. The Labute approximate surface area is 184 Å². The van der Waals surface area contributed by atoms with E-state index in [1.807, 2.05) is 31.2 Å². The number of methoxy groups -OCH3 is 1. The van der Waals surface area contributed by atoms with Gasteiger partial charge in [0.1, 0.15) is 18.1 Å². The molecule has 0 saturated heterocycles. The molecule has 0 aliphatic carbocycles.